The number of aromatic amines is 1. The molecule has 0 aromatic carbocycles. The van der Waals surface area contributed by atoms with Gasteiger partial charge in [0.1, 0.15) is 5.82 Å². The zero-order valence-electron chi connectivity index (χ0n) is 8.59. The number of nitrogens with zero attached hydrogens (tertiary/aromatic N) is 1. The van der Waals surface area contributed by atoms with Crippen molar-refractivity contribution >= 4 is 11.8 Å². The Labute approximate surface area is 82.3 Å². The second-order valence-corrected chi connectivity index (χ2v) is 4.49. The van der Waals surface area contributed by atoms with Gasteiger partial charge in [0.05, 0.1) is 0 Å². The number of nitrogen functional groups attached to an aromatic ring is 1. The summed E-state index contributed by atoms with van der Waals surface area (Å²) in [5, 5.41) is 8.73. The normalized spacial score (nSPS) is 11.6. The highest BCUT2D eigenvalue weighted by Crippen LogP contribution is 2.20. The lowest BCUT2D eigenvalue weighted by Crippen LogP contribution is -2.10. The summed E-state index contributed by atoms with van der Waals surface area (Å²) in [7, 11) is 0. The van der Waals surface area contributed by atoms with Crippen LogP contribution in [0, 0.1) is 5.41 Å². The van der Waals surface area contributed by atoms with Gasteiger partial charge in [0.15, 0.2) is 11.5 Å². The van der Waals surface area contributed by atoms with Crippen molar-refractivity contribution in [2.75, 3.05) is 5.73 Å². The van der Waals surface area contributed by atoms with E-state index in [1.165, 1.54) is 0 Å². The number of hydrogen-bond acceptors (Lipinski definition) is 3. The molecule has 0 saturated carbocycles. The minimum Gasteiger partial charge on any atom is -0.476 e. The summed E-state index contributed by atoms with van der Waals surface area (Å²) in [5.74, 6) is -0.403. The molecule has 1 aromatic heterocycles. The molecule has 14 heavy (non-hydrogen) atoms. The minimum atomic E-state index is -1.07. The fraction of sp³-hybridized carbons (Fsp3) is 0.556. The van der Waals surface area contributed by atoms with Crippen LogP contribution < -0.4 is 5.73 Å². The molecule has 0 amide bonds. The maximum Gasteiger partial charge on any atom is 0.356 e. The van der Waals surface area contributed by atoms with Gasteiger partial charge in [-0.05, 0) is 5.41 Å². The Morgan fingerprint density at radius 3 is 2.50 bits per heavy atom. The smallest absolute Gasteiger partial charge is 0.356 e. The van der Waals surface area contributed by atoms with Crippen LogP contribution in [0.25, 0.3) is 0 Å². The van der Waals surface area contributed by atoms with Gasteiger partial charge >= 0.3 is 5.97 Å². The van der Waals surface area contributed by atoms with Gasteiger partial charge in [0, 0.05) is 6.42 Å². The van der Waals surface area contributed by atoms with E-state index in [0.717, 1.165) is 0 Å². The van der Waals surface area contributed by atoms with Crippen LogP contribution in [0.2, 0.25) is 0 Å². The number of carbonyl (C=O) groups is 1. The number of aromatic carboxylic acids is 1. The van der Waals surface area contributed by atoms with Gasteiger partial charge in [-0.15, -0.1) is 0 Å². The second-order valence-electron chi connectivity index (χ2n) is 4.49. The van der Waals surface area contributed by atoms with E-state index in [2.05, 4.69) is 9.97 Å². The Morgan fingerprint density at radius 1 is 1.57 bits per heavy atom. The van der Waals surface area contributed by atoms with Crippen LogP contribution in [-0.4, -0.2) is 21.0 Å². The number of imidazole rings is 1. The molecule has 4 N–H and O–H groups in total. The highest BCUT2D eigenvalue weighted by atomic mass is 16.4. The van der Waals surface area contributed by atoms with E-state index in [4.69, 9.17) is 10.8 Å². The molecule has 78 valence electrons. The number of nitrogens with one attached hydrogen (secondary N) is 1. The third-order valence-corrected chi connectivity index (χ3v) is 1.69. The SMILES string of the molecule is CC(C)(C)Cc1nc(N)c(C(=O)O)[nH]1. The third kappa shape index (κ3) is 2.48. The van der Waals surface area contributed by atoms with E-state index in [9.17, 15) is 4.79 Å². The predicted molar refractivity (Wildman–Crippen MR) is 53.1 cm³/mol. The standard InChI is InChI=1S/C9H15N3O2/c1-9(2,3)4-5-11-6(8(13)14)7(10)12-5/h4,10H2,1-3H3,(H,11,12)(H,13,14). The van der Waals surface area contributed by atoms with Crippen molar-refractivity contribution in [3.05, 3.63) is 11.5 Å². The van der Waals surface area contributed by atoms with Gasteiger partial charge in [0.2, 0.25) is 0 Å². The van der Waals surface area contributed by atoms with Crippen molar-refractivity contribution < 1.29 is 9.90 Å². The largest absolute Gasteiger partial charge is 0.476 e. The average Bonchev–Trinajstić information content (AvgIpc) is 2.26. The summed E-state index contributed by atoms with van der Waals surface area (Å²) in [6.45, 7) is 6.14. The lowest BCUT2D eigenvalue weighted by Gasteiger charge is -2.15. The first kappa shape index (κ1) is 10.6. The Hall–Kier alpha value is -1.52. The number of H-pyrrole nitrogens is 1. The number of anilines is 1. The number of hydrogen-bond donors (Lipinski definition) is 3. The van der Waals surface area contributed by atoms with Gasteiger partial charge in [0.25, 0.3) is 0 Å². The van der Waals surface area contributed by atoms with E-state index in [0.29, 0.717) is 12.2 Å². The fourth-order valence-electron chi connectivity index (χ4n) is 1.19. The molecule has 0 spiro atoms. The molecule has 0 aliphatic rings. The van der Waals surface area contributed by atoms with Crippen LogP contribution in [0.3, 0.4) is 0 Å². The quantitative estimate of drug-likeness (QED) is 0.665. The van der Waals surface area contributed by atoms with Crippen molar-refractivity contribution in [1.82, 2.24) is 9.97 Å². The topological polar surface area (TPSA) is 92.0 Å². The van der Waals surface area contributed by atoms with E-state index in [-0.39, 0.29) is 16.9 Å². The van der Waals surface area contributed by atoms with Gasteiger partial charge in [-0.25, -0.2) is 9.78 Å². The number of carboxylic acids is 1. The van der Waals surface area contributed by atoms with Crippen LogP contribution in [0.4, 0.5) is 5.82 Å². The summed E-state index contributed by atoms with van der Waals surface area (Å²) in [5.41, 5.74) is 5.47. The Morgan fingerprint density at radius 2 is 2.14 bits per heavy atom. The first-order valence-corrected chi connectivity index (χ1v) is 4.37. The fourth-order valence-corrected chi connectivity index (χ4v) is 1.19. The molecule has 5 heteroatoms. The van der Waals surface area contributed by atoms with Crippen molar-refractivity contribution in [2.24, 2.45) is 5.41 Å². The Kier molecular flexibility index (Phi) is 2.51. The minimum absolute atomic E-state index is 0.0238. The molecule has 0 radical (unpaired) electrons. The molecule has 0 atom stereocenters. The lowest BCUT2D eigenvalue weighted by atomic mass is 9.92. The summed E-state index contributed by atoms with van der Waals surface area (Å²) in [6, 6.07) is 0. The molecule has 1 aromatic rings. The number of rotatable bonds is 2. The van der Waals surface area contributed by atoms with Crippen molar-refractivity contribution in [3.8, 4) is 0 Å². The summed E-state index contributed by atoms with van der Waals surface area (Å²) >= 11 is 0. The first-order chi connectivity index (χ1) is 6.29. The molecule has 0 bridgehead atoms. The van der Waals surface area contributed by atoms with Crippen molar-refractivity contribution in [2.45, 2.75) is 27.2 Å². The van der Waals surface area contributed by atoms with Crippen molar-refractivity contribution in [3.63, 3.8) is 0 Å². The number of nitrogens with two attached hydrogens (primary N) is 1. The third-order valence-electron chi connectivity index (χ3n) is 1.69. The summed E-state index contributed by atoms with van der Waals surface area (Å²) in [6.07, 6.45) is 0.671. The second kappa shape index (κ2) is 3.32. The van der Waals surface area contributed by atoms with Crippen LogP contribution >= 0.6 is 0 Å². The summed E-state index contributed by atoms with van der Waals surface area (Å²) in [4.78, 5) is 17.3. The lowest BCUT2D eigenvalue weighted by molar-refractivity contribution is 0.0692. The van der Waals surface area contributed by atoms with Crippen molar-refractivity contribution in [1.29, 1.82) is 0 Å². The molecule has 0 saturated heterocycles. The van der Waals surface area contributed by atoms with Gasteiger partial charge in [-0.1, -0.05) is 20.8 Å². The van der Waals surface area contributed by atoms with Gasteiger partial charge in [-0.2, -0.15) is 0 Å². The van der Waals surface area contributed by atoms with Gasteiger partial charge < -0.3 is 15.8 Å². The van der Waals surface area contributed by atoms with Crippen LogP contribution in [0.1, 0.15) is 37.1 Å². The Balaban J connectivity index is 2.92. The molecule has 0 unspecified atom stereocenters. The van der Waals surface area contributed by atoms with E-state index >= 15 is 0 Å². The molecule has 0 aliphatic carbocycles. The predicted octanol–water partition coefficient (Wildman–Crippen LogP) is 1.28. The van der Waals surface area contributed by atoms with Crippen LogP contribution in [0.15, 0.2) is 0 Å². The molecule has 1 rings (SSSR count). The average molecular weight is 197 g/mol. The first-order valence-electron chi connectivity index (χ1n) is 4.37. The molecule has 0 fully saturated rings. The maximum atomic E-state index is 10.6. The Bertz CT molecular complexity index is 349. The maximum absolute atomic E-state index is 10.6. The van der Waals surface area contributed by atoms with E-state index in [1.54, 1.807) is 0 Å². The van der Waals surface area contributed by atoms with E-state index in [1.807, 2.05) is 20.8 Å². The monoisotopic (exact) mass is 197 g/mol. The van der Waals surface area contributed by atoms with Crippen LogP contribution in [-0.2, 0) is 6.42 Å². The molecular formula is C9H15N3O2. The van der Waals surface area contributed by atoms with E-state index < -0.39 is 5.97 Å². The summed E-state index contributed by atoms with van der Waals surface area (Å²) < 4.78 is 0. The molecular weight excluding hydrogens is 182 g/mol. The van der Waals surface area contributed by atoms with Crippen LogP contribution in [0.5, 0.6) is 0 Å². The highest BCUT2D eigenvalue weighted by Gasteiger charge is 2.18. The highest BCUT2D eigenvalue weighted by molar-refractivity contribution is 5.90. The number of carboxylic acid groups (broad SMARTS) is 1. The number of aromatic nitrogens is 2. The van der Waals surface area contributed by atoms with Gasteiger partial charge in [-0.3, -0.25) is 0 Å². The zero-order valence-corrected chi connectivity index (χ0v) is 8.59. The molecule has 1 heterocycles. The molecule has 0 aliphatic heterocycles. The molecule has 5 nitrogen and oxygen atoms in total. The zero-order chi connectivity index (χ0) is 10.9.